The van der Waals surface area contributed by atoms with Gasteiger partial charge in [-0.05, 0) is 66.3 Å². The van der Waals surface area contributed by atoms with E-state index >= 15 is 0 Å². The summed E-state index contributed by atoms with van der Waals surface area (Å²) in [5, 5.41) is 69.0. The Balaban J connectivity index is 1.19. The van der Waals surface area contributed by atoms with Gasteiger partial charge in [-0.25, -0.2) is 0 Å². The molecule has 1 unspecified atom stereocenters. The number of benzene rings is 1. The van der Waals surface area contributed by atoms with Crippen LogP contribution < -0.4 is 0 Å². The molecular formula is C32H38N2O7. The van der Waals surface area contributed by atoms with Gasteiger partial charge in [-0.3, -0.25) is 9.88 Å². The van der Waals surface area contributed by atoms with Crippen LogP contribution in [-0.2, 0) is 10.3 Å². The molecule has 2 aromatic rings. The molecule has 41 heavy (non-hydrogen) atoms. The van der Waals surface area contributed by atoms with Gasteiger partial charge in [0.15, 0.2) is 0 Å². The first kappa shape index (κ1) is 26.4. The van der Waals surface area contributed by atoms with Crippen LogP contribution >= 0.6 is 0 Å². The highest BCUT2D eigenvalue weighted by Crippen LogP contribution is 2.70. The maximum Gasteiger partial charge on any atom is 0.121 e. The van der Waals surface area contributed by atoms with Crippen LogP contribution in [0.3, 0.4) is 0 Å². The summed E-state index contributed by atoms with van der Waals surface area (Å²) in [6.07, 6.45) is 5.26. The van der Waals surface area contributed by atoms with E-state index in [1.165, 1.54) is 0 Å². The van der Waals surface area contributed by atoms with Gasteiger partial charge >= 0.3 is 0 Å². The quantitative estimate of drug-likeness (QED) is 0.314. The zero-order valence-corrected chi connectivity index (χ0v) is 23.1. The Bertz CT molecular complexity index is 1490. The number of hydrogen-bond acceptors (Lipinski definition) is 9. The molecule has 11 atom stereocenters. The molecule has 2 bridgehead atoms. The van der Waals surface area contributed by atoms with Crippen LogP contribution in [0, 0.1) is 11.3 Å². The minimum atomic E-state index is -1.51. The molecule has 2 saturated carbocycles. The zero-order chi connectivity index (χ0) is 28.5. The Kier molecular flexibility index (Phi) is 5.45. The van der Waals surface area contributed by atoms with Crippen LogP contribution in [-0.4, -0.2) is 101 Å². The highest BCUT2D eigenvalue weighted by Gasteiger charge is 2.73. The number of ether oxygens (including phenoxy) is 1. The van der Waals surface area contributed by atoms with Crippen LogP contribution in [0.15, 0.2) is 60.0 Å². The monoisotopic (exact) mass is 562 g/mol. The van der Waals surface area contributed by atoms with Gasteiger partial charge in [0.2, 0.25) is 0 Å². The number of nitrogens with zero attached hydrogens (tertiary/aromatic N) is 2. The number of β-amino-alcohol motifs (C(OH)–C–C–N with tert-alkyl or cyclic N) is 2. The van der Waals surface area contributed by atoms with Crippen molar-refractivity contribution >= 4 is 10.8 Å². The van der Waals surface area contributed by atoms with Gasteiger partial charge in [-0.1, -0.05) is 31.2 Å². The molecule has 4 fully saturated rings. The van der Waals surface area contributed by atoms with Crippen molar-refractivity contribution in [1.29, 1.82) is 0 Å². The number of pyridine rings is 1. The number of rotatable bonds is 2. The molecule has 2 spiro atoms. The molecular weight excluding hydrogens is 524 g/mol. The van der Waals surface area contributed by atoms with E-state index in [9.17, 15) is 30.6 Å². The fraction of sp³-hybridized carbons (Fsp3) is 0.594. The molecule has 218 valence electrons. The molecule has 1 aromatic carbocycles. The van der Waals surface area contributed by atoms with E-state index in [0.29, 0.717) is 43.2 Å². The first-order valence-corrected chi connectivity index (χ1v) is 14.9. The second kappa shape index (κ2) is 8.45. The van der Waals surface area contributed by atoms with Crippen LogP contribution in [0.25, 0.3) is 10.8 Å². The van der Waals surface area contributed by atoms with Gasteiger partial charge in [-0.15, -0.1) is 0 Å². The third-order valence-corrected chi connectivity index (χ3v) is 11.9. The van der Waals surface area contributed by atoms with Crippen LogP contribution in [0.5, 0.6) is 0 Å². The number of allylic oxidation sites excluding steroid dienone is 1. The van der Waals surface area contributed by atoms with E-state index < -0.39 is 58.8 Å². The first-order chi connectivity index (χ1) is 19.5. The molecule has 3 aliphatic carbocycles. The third kappa shape index (κ3) is 3.21. The lowest BCUT2D eigenvalue weighted by Gasteiger charge is -2.57. The first-order valence-electron chi connectivity index (χ1n) is 14.9. The maximum absolute atomic E-state index is 12.5. The molecule has 9 heteroatoms. The molecule has 0 radical (unpaired) electrons. The van der Waals surface area contributed by atoms with Crippen LogP contribution in [0.2, 0.25) is 0 Å². The van der Waals surface area contributed by atoms with Crippen molar-refractivity contribution in [3.8, 4) is 0 Å². The van der Waals surface area contributed by atoms with E-state index in [1.54, 1.807) is 12.4 Å². The molecule has 1 aromatic heterocycles. The lowest BCUT2D eigenvalue weighted by molar-refractivity contribution is -0.187. The van der Waals surface area contributed by atoms with Gasteiger partial charge in [0.05, 0.1) is 35.6 Å². The summed E-state index contributed by atoms with van der Waals surface area (Å²) < 4.78 is 7.18. The smallest absolute Gasteiger partial charge is 0.121 e. The zero-order valence-electron chi connectivity index (χ0n) is 23.1. The molecule has 4 heterocycles. The van der Waals surface area contributed by atoms with Crippen molar-refractivity contribution < 1.29 is 35.4 Å². The minimum absolute atomic E-state index is 0.186. The third-order valence-electron chi connectivity index (χ3n) is 11.9. The van der Waals surface area contributed by atoms with Gasteiger partial charge in [0, 0.05) is 48.2 Å². The highest BCUT2D eigenvalue weighted by atomic mass is 16.5. The molecule has 6 aliphatic rings. The van der Waals surface area contributed by atoms with E-state index in [0.717, 1.165) is 16.3 Å². The van der Waals surface area contributed by atoms with E-state index in [-0.39, 0.29) is 19.0 Å². The molecule has 3 aliphatic heterocycles. The summed E-state index contributed by atoms with van der Waals surface area (Å²) in [5.41, 5.74) is -1.47. The molecule has 2 saturated heterocycles. The average molecular weight is 563 g/mol. The standard InChI is InChI=1S/C32H38N2O7/c1-29-6-4-19-11-21-27(38)28(39)22(34-15-23(35)24(36)16-34)13-30(21)7-8-31(19,41-30)25(29)12-26(37)32(29,40)20-3-2-17-5-9-33-14-18(17)10-20/h2-5,9-11,14,22-28,35-40H,6-8,12-13,15-16H2,1H3/t22-,23-,24-,25+,26+,27-,28-,29-,30+,31?,32+/m0/s1. The Morgan fingerprint density at radius 2 is 1.78 bits per heavy atom. The van der Waals surface area contributed by atoms with Crippen molar-refractivity contribution in [2.24, 2.45) is 11.3 Å². The van der Waals surface area contributed by atoms with E-state index in [1.807, 2.05) is 35.2 Å². The van der Waals surface area contributed by atoms with E-state index in [4.69, 9.17) is 4.74 Å². The average Bonchev–Trinajstić information content (AvgIpc) is 3.54. The summed E-state index contributed by atoms with van der Waals surface area (Å²) in [6.45, 7) is 2.51. The number of aliphatic hydroxyl groups excluding tert-OH is 5. The Morgan fingerprint density at radius 1 is 1.00 bits per heavy atom. The highest BCUT2D eigenvalue weighted by molar-refractivity contribution is 5.82. The fourth-order valence-corrected chi connectivity index (χ4v) is 9.70. The maximum atomic E-state index is 12.5. The van der Waals surface area contributed by atoms with Crippen LogP contribution in [0.4, 0.5) is 0 Å². The summed E-state index contributed by atoms with van der Waals surface area (Å²) in [4.78, 5) is 6.11. The van der Waals surface area contributed by atoms with Crippen molar-refractivity contribution in [3.05, 3.63) is 65.5 Å². The van der Waals surface area contributed by atoms with Crippen molar-refractivity contribution in [2.45, 2.75) is 92.4 Å². The number of aromatic nitrogens is 1. The fourth-order valence-electron chi connectivity index (χ4n) is 9.70. The number of fused-ring (bicyclic) bond motifs is 2. The van der Waals surface area contributed by atoms with Gasteiger partial charge < -0.3 is 35.4 Å². The molecule has 6 N–H and O–H groups in total. The number of likely N-dealkylation sites (tertiary alicyclic amines) is 1. The number of aliphatic hydroxyl groups is 6. The second-order valence-corrected chi connectivity index (χ2v) is 13.7. The van der Waals surface area contributed by atoms with Gasteiger partial charge in [0.25, 0.3) is 0 Å². The van der Waals surface area contributed by atoms with E-state index in [2.05, 4.69) is 18.0 Å². The number of hydrogen-bond donors (Lipinski definition) is 6. The topological polar surface area (TPSA) is 147 Å². The summed E-state index contributed by atoms with van der Waals surface area (Å²) >= 11 is 0. The van der Waals surface area contributed by atoms with Crippen molar-refractivity contribution in [1.82, 2.24) is 9.88 Å². The van der Waals surface area contributed by atoms with Gasteiger partial charge in [0.1, 0.15) is 11.7 Å². The Hall–Kier alpha value is -2.21. The SMILES string of the molecule is C[C@]12CC=C3C=C4[C@H](O)[C@@H](O)[C@@H](N5C[C@H](O)[C@@H](O)C5)C[C@]45CCC3(O5)[C@@H]1C[C@@H](O)[C@]2(O)c1ccc2ccncc2c1. The predicted molar refractivity (Wildman–Crippen MR) is 148 cm³/mol. The normalized spacial score (nSPS) is 48.9. The van der Waals surface area contributed by atoms with Crippen molar-refractivity contribution in [2.75, 3.05) is 13.1 Å². The summed E-state index contributed by atoms with van der Waals surface area (Å²) in [5.74, 6) is -0.186. The molecule has 8 rings (SSSR count). The molecule has 9 nitrogen and oxygen atoms in total. The Morgan fingerprint density at radius 3 is 2.56 bits per heavy atom. The van der Waals surface area contributed by atoms with Crippen LogP contribution in [0.1, 0.15) is 44.6 Å². The van der Waals surface area contributed by atoms with Crippen molar-refractivity contribution in [3.63, 3.8) is 0 Å². The summed E-state index contributed by atoms with van der Waals surface area (Å²) in [6, 6.07) is 7.26. The Labute approximate surface area is 238 Å². The minimum Gasteiger partial charge on any atom is -0.390 e. The molecule has 0 amide bonds. The second-order valence-electron chi connectivity index (χ2n) is 13.7. The predicted octanol–water partition coefficient (Wildman–Crippen LogP) is 0.899. The lowest BCUT2D eigenvalue weighted by Crippen LogP contribution is -2.63. The largest absolute Gasteiger partial charge is 0.390 e. The van der Waals surface area contributed by atoms with Gasteiger partial charge in [-0.2, -0.15) is 0 Å². The summed E-state index contributed by atoms with van der Waals surface area (Å²) in [7, 11) is 0. The lowest BCUT2D eigenvalue weighted by atomic mass is 9.56.